The molecule has 0 unspecified atom stereocenters. The van der Waals surface area contributed by atoms with Gasteiger partial charge in [0.05, 0.1) is 0 Å². The Hall–Kier alpha value is -2.08. The number of nitrogens with zero attached hydrogens (tertiary/aromatic N) is 1. The molecular weight excluding hydrogens is 246 g/mol. The highest BCUT2D eigenvalue weighted by Crippen LogP contribution is 2.09. The molecule has 1 heterocycles. The maximum absolute atomic E-state index is 11.4. The fourth-order valence-electron chi connectivity index (χ4n) is 1.19. The number of carbonyl (C=O) groups excluding carboxylic acids is 1. The van der Waals surface area contributed by atoms with Crippen LogP contribution in [0.1, 0.15) is 16.2 Å². The number of halogens is 1. The van der Waals surface area contributed by atoms with Gasteiger partial charge in [0.15, 0.2) is 0 Å². The predicted molar refractivity (Wildman–Crippen MR) is 59.7 cm³/mol. The highest BCUT2D eigenvalue weighted by atomic mass is 35.5. The minimum absolute atomic E-state index is 0.288. The van der Waals surface area contributed by atoms with E-state index in [1.54, 1.807) is 24.3 Å². The summed E-state index contributed by atoms with van der Waals surface area (Å²) in [5, 5.41) is 8.58. The molecule has 0 aliphatic carbocycles. The SMILES string of the molecule is O=C(NCc1ccc(Cl)cc1)c1n[nH]c(=O)o1. The van der Waals surface area contributed by atoms with E-state index in [9.17, 15) is 9.59 Å². The number of carbonyl (C=O) groups is 1. The van der Waals surface area contributed by atoms with Gasteiger partial charge in [-0.1, -0.05) is 23.7 Å². The summed E-state index contributed by atoms with van der Waals surface area (Å²) in [5.74, 6) is -1.61. The smallest absolute Gasteiger partial charge is 0.383 e. The lowest BCUT2D eigenvalue weighted by molar-refractivity contribution is 0.0914. The van der Waals surface area contributed by atoms with E-state index in [1.165, 1.54) is 0 Å². The number of hydrogen-bond acceptors (Lipinski definition) is 4. The van der Waals surface area contributed by atoms with Gasteiger partial charge < -0.3 is 9.73 Å². The summed E-state index contributed by atoms with van der Waals surface area (Å²) in [5.41, 5.74) is 0.876. The fourth-order valence-corrected chi connectivity index (χ4v) is 1.31. The molecule has 0 atom stereocenters. The molecule has 17 heavy (non-hydrogen) atoms. The molecule has 0 saturated carbocycles. The summed E-state index contributed by atoms with van der Waals surface area (Å²) in [6.07, 6.45) is 0. The second-order valence-corrected chi connectivity index (χ2v) is 3.66. The summed E-state index contributed by atoms with van der Waals surface area (Å²) in [6.45, 7) is 0.298. The topological polar surface area (TPSA) is 88.0 Å². The van der Waals surface area contributed by atoms with Crippen LogP contribution in [0, 0.1) is 0 Å². The highest BCUT2D eigenvalue weighted by molar-refractivity contribution is 6.30. The van der Waals surface area contributed by atoms with E-state index in [0.717, 1.165) is 5.56 Å². The number of H-pyrrole nitrogens is 1. The van der Waals surface area contributed by atoms with Crippen molar-refractivity contribution in [2.45, 2.75) is 6.54 Å². The lowest BCUT2D eigenvalue weighted by Crippen LogP contribution is -2.23. The lowest BCUT2D eigenvalue weighted by atomic mass is 10.2. The first kappa shape index (κ1) is 11.4. The molecule has 1 amide bonds. The van der Waals surface area contributed by atoms with Crippen LogP contribution in [-0.4, -0.2) is 16.1 Å². The zero-order chi connectivity index (χ0) is 12.3. The van der Waals surface area contributed by atoms with Gasteiger partial charge in [0.1, 0.15) is 0 Å². The molecule has 0 fully saturated rings. The summed E-state index contributed by atoms with van der Waals surface area (Å²) >= 11 is 5.72. The molecule has 88 valence electrons. The first-order chi connectivity index (χ1) is 8.15. The van der Waals surface area contributed by atoms with Crippen LogP contribution in [0.3, 0.4) is 0 Å². The minimum Gasteiger partial charge on any atom is -0.383 e. The van der Waals surface area contributed by atoms with Crippen LogP contribution in [0.25, 0.3) is 0 Å². The average Bonchev–Trinajstić information content (AvgIpc) is 2.75. The van der Waals surface area contributed by atoms with Gasteiger partial charge in [-0.15, -0.1) is 5.10 Å². The molecule has 2 rings (SSSR count). The van der Waals surface area contributed by atoms with E-state index in [0.29, 0.717) is 11.6 Å². The molecule has 0 bridgehead atoms. The third-order valence-corrected chi connectivity index (χ3v) is 2.25. The Labute approximate surface area is 101 Å². The molecule has 2 N–H and O–H groups in total. The van der Waals surface area contributed by atoms with Crippen molar-refractivity contribution in [2.24, 2.45) is 0 Å². The van der Waals surface area contributed by atoms with Crippen LogP contribution >= 0.6 is 11.6 Å². The third-order valence-electron chi connectivity index (χ3n) is 2.00. The van der Waals surface area contributed by atoms with Gasteiger partial charge in [-0.2, -0.15) is 0 Å². The van der Waals surface area contributed by atoms with Crippen molar-refractivity contribution in [3.8, 4) is 0 Å². The van der Waals surface area contributed by atoms with Crippen molar-refractivity contribution in [1.29, 1.82) is 0 Å². The average molecular weight is 254 g/mol. The van der Waals surface area contributed by atoms with Crippen LogP contribution in [0.2, 0.25) is 5.02 Å². The number of benzene rings is 1. The number of aromatic amines is 1. The van der Waals surface area contributed by atoms with Gasteiger partial charge in [0.25, 0.3) is 0 Å². The Morgan fingerprint density at radius 3 is 2.71 bits per heavy atom. The maximum Gasteiger partial charge on any atom is 0.434 e. The highest BCUT2D eigenvalue weighted by Gasteiger charge is 2.11. The number of hydrogen-bond donors (Lipinski definition) is 2. The summed E-state index contributed by atoms with van der Waals surface area (Å²) < 4.78 is 4.50. The van der Waals surface area contributed by atoms with Crippen LogP contribution < -0.4 is 11.1 Å². The number of aromatic nitrogens is 2. The van der Waals surface area contributed by atoms with Crippen LogP contribution in [-0.2, 0) is 6.54 Å². The molecular formula is C10H8ClN3O3. The Balaban J connectivity index is 1.96. The largest absolute Gasteiger partial charge is 0.434 e. The lowest BCUT2D eigenvalue weighted by Gasteiger charge is -2.02. The van der Waals surface area contributed by atoms with E-state index >= 15 is 0 Å². The Morgan fingerprint density at radius 2 is 2.12 bits per heavy atom. The van der Waals surface area contributed by atoms with Gasteiger partial charge >= 0.3 is 17.6 Å². The molecule has 2 aromatic rings. The maximum atomic E-state index is 11.4. The molecule has 0 radical (unpaired) electrons. The number of rotatable bonds is 3. The summed E-state index contributed by atoms with van der Waals surface area (Å²) in [7, 11) is 0. The van der Waals surface area contributed by atoms with Gasteiger partial charge in [-0.05, 0) is 17.7 Å². The summed E-state index contributed by atoms with van der Waals surface area (Å²) in [6, 6.07) is 7.00. The predicted octanol–water partition coefficient (Wildman–Crippen LogP) is 0.946. The van der Waals surface area contributed by atoms with Crippen molar-refractivity contribution in [2.75, 3.05) is 0 Å². The molecule has 0 aliphatic heterocycles. The fraction of sp³-hybridized carbons (Fsp3) is 0.100. The summed E-state index contributed by atoms with van der Waals surface area (Å²) in [4.78, 5) is 22.1. The Kier molecular flexibility index (Phi) is 3.24. The Morgan fingerprint density at radius 1 is 1.41 bits per heavy atom. The standard InChI is InChI=1S/C10H8ClN3O3/c11-7-3-1-6(2-4-7)5-12-8(15)9-13-14-10(16)17-9/h1-4H,5H2,(H,12,15)(H,14,16). The van der Waals surface area contributed by atoms with Crippen LogP contribution in [0.15, 0.2) is 33.5 Å². The van der Waals surface area contributed by atoms with Crippen LogP contribution in [0.4, 0.5) is 0 Å². The van der Waals surface area contributed by atoms with E-state index < -0.39 is 11.7 Å². The van der Waals surface area contributed by atoms with E-state index in [4.69, 9.17) is 11.6 Å². The molecule has 0 spiro atoms. The first-order valence-electron chi connectivity index (χ1n) is 4.73. The van der Waals surface area contributed by atoms with Crippen molar-refractivity contribution in [3.05, 3.63) is 51.3 Å². The monoisotopic (exact) mass is 253 g/mol. The molecule has 0 aliphatic rings. The normalized spacial score (nSPS) is 10.2. The minimum atomic E-state index is -0.762. The second-order valence-electron chi connectivity index (χ2n) is 3.23. The molecule has 1 aromatic heterocycles. The molecule has 1 aromatic carbocycles. The van der Waals surface area contributed by atoms with Gasteiger partial charge in [-0.25, -0.2) is 9.89 Å². The quantitative estimate of drug-likeness (QED) is 0.852. The van der Waals surface area contributed by atoms with Gasteiger partial charge in [0.2, 0.25) is 0 Å². The van der Waals surface area contributed by atoms with Crippen molar-refractivity contribution in [1.82, 2.24) is 15.5 Å². The van der Waals surface area contributed by atoms with Crippen molar-refractivity contribution >= 4 is 17.5 Å². The Bertz CT molecular complexity index is 573. The van der Waals surface area contributed by atoms with E-state index in [-0.39, 0.29) is 5.89 Å². The third kappa shape index (κ3) is 2.94. The van der Waals surface area contributed by atoms with Crippen molar-refractivity contribution < 1.29 is 9.21 Å². The zero-order valence-electron chi connectivity index (χ0n) is 8.57. The first-order valence-corrected chi connectivity index (χ1v) is 5.11. The van der Waals surface area contributed by atoms with Gasteiger partial charge in [-0.3, -0.25) is 4.79 Å². The number of amides is 1. The van der Waals surface area contributed by atoms with E-state index in [2.05, 4.69) is 14.8 Å². The molecule has 7 heteroatoms. The number of nitrogens with one attached hydrogen (secondary N) is 2. The second kappa shape index (κ2) is 4.84. The van der Waals surface area contributed by atoms with E-state index in [1.807, 2.05) is 5.10 Å². The van der Waals surface area contributed by atoms with Crippen molar-refractivity contribution in [3.63, 3.8) is 0 Å². The molecule has 6 nitrogen and oxygen atoms in total. The zero-order valence-corrected chi connectivity index (χ0v) is 9.32. The molecule has 0 saturated heterocycles. The van der Waals surface area contributed by atoms with Crippen LogP contribution in [0.5, 0.6) is 0 Å². The van der Waals surface area contributed by atoms with Gasteiger partial charge in [0, 0.05) is 11.6 Å².